The minimum Gasteiger partial charge on any atom is -0.461 e. The molecule has 0 bridgehead atoms. The van der Waals surface area contributed by atoms with Crippen LogP contribution in [0.3, 0.4) is 0 Å². The first-order valence-electron chi connectivity index (χ1n) is 8.44. The van der Waals surface area contributed by atoms with Crippen LogP contribution in [0.25, 0.3) is 11.6 Å². The summed E-state index contributed by atoms with van der Waals surface area (Å²) in [6.07, 6.45) is 2.26. The third-order valence-corrected chi connectivity index (χ3v) is 4.69. The molecule has 3 aromatic rings. The highest BCUT2D eigenvalue weighted by atomic mass is 127. The summed E-state index contributed by atoms with van der Waals surface area (Å²) >= 11 is 12.1. The lowest BCUT2D eigenvalue weighted by molar-refractivity contribution is 0.577. The van der Waals surface area contributed by atoms with Crippen LogP contribution in [0.15, 0.2) is 46.0 Å². The van der Waals surface area contributed by atoms with Gasteiger partial charge in [-0.25, -0.2) is 4.98 Å². The monoisotopic (exact) mass is 534 g/mol. The molecular formula is C18H21Cl2IN6O. The van der Waals surface area contributed by atoms with E-state index in [9.17, 15) is 0 Å². The second-order valence-electron chi connectivity index (χ2n) is 5.87. The zero-order valence-corrected chi connectivity index (χ0v) is 19.2. The Labute approximate surface area is 190 Å². The number of hydrogen-bond acceptors (Lipinski definition) is 4. The molecule has 0 radical (unpaired) electrons. The maximum atomic E-state index is 6.09. The molecule has 1 atom stereocenters. The Bertz CT molecular complexity index is 913. The van der Waals surface area contributed by atoms with Crippen molar-refractivity contribution in [2.75, 3.05) is 13.6 Å². The van der Waals surface area contributed by atoms with Crippen molar-refractivity contribution in [2.24, 2.45) is 4.99 Å². The molecule has 1 unspecified atom stereocenters. The molecule has 0 amide bonds. The number of guanidine groups is 1. The SMILES string of the molecule is CN=C(NCCc1nc(-c2ccco2)n[nH]1)NC(C)c1ccc(Cl)c(Cl)c1.I. The first-order chi connectivity index (χ1) is 13.1. The number of aliphatic imine (C=N–C) groups is 1. The summed E-state index contributed by atoms with van der Waals surface area (Å²) in [7, 11) is 1.72. The van der Waals surface area contributed by atoms with Gasteiger partial charge in [-0.05, 0) is 36.8 Å². The van der Waals surface area contributed by atoms with E-state index < -0.39 is 0 Å². The van der Waals surface area contributed by atoms with Crippen LogP contribution >= 0.6 is 47.2 Å². The molecule has 150 valence electrons. The van der Waals surface area contributed by atoms with Crippen molar-refractivity contribution in [2.45, 2.75) is 19.4 Å². The number of H-pyrrole nitrogens is 1. The van der Waals surface area contributed by atoms with Crippen LogP contribution in [0, 0.1) is 0 Å². The third-order valence-electron chi connectivity index (χ3n) is 3.95. The largest absolute Gasteiger partial charge is 0.461 e. The Morgan fingerprint density at radius 1 is 1.29 bits per heavy atom. The van der Waals surface area contributed by atoms with Crippen LogP contribution in [0.2, 0.25) is 10.0 Å². The molecule has 2 heterocycles. The fourth-order valence-corrected chi connectivity index (χ4v) is 2.79. The number of aromatic nitrogens is 3. The van der Waals surface area contributed by atoms with Crippen molar-refractivity contribution in [1.82, 2.24) is 25.8 Å². The van der Waals surface area contributed by atoms with Crippen LogP contribution in [0.4, 0.5) is 0 Å². The molecule has 0 aliphatic carbocycles. The molecule has 0 aliphatic rings. The second kappa shape index (κ2) is 10.7. The molecule has 28 heavy (non-hydrogen) atoms. The van der Waals surface area contributed by atoms with Gasteiger partial charge in [0.2, 0.25) is 5.82 Å². The van der Waals surface area contributed by atoms with Crippen molar-refractivity contribution < 1.29 is 4.42 Å². The Kier molecular flexibility index (Phi) is 8.58. The normalized spacial score (nSPS) is 12.4. The van der Waals surface area contributed by atoms with E-state index in [1.165, 1.54) is 0 Å². The van der Waals surface area contributed by atoms with E-state index in [1.807, 2.05) is 25.1 Å². The van der Waals surface area contributed by atoms with Crippen molar-refractivity contribution in [1.29, 1.82) is 0 Å². The Hall–Kier alpha value is -1.78. The van der Waals surface area contributed by atoms with Crippen molar-refractivity contribution in [3.63, 3.8) is 0 Å². The number of nitrogens with one attached hydrogen (secondary N) is 3. The summed E-state index contributed by atoms with van der Waals surface area (Å²) in [5.74, 6) is 2.63. The quantitative estimate of drug-likeness (QED) is 0.247. The molecule has 0 saturated heterocycles. The van der Waals surface area contributed by atoms with E-state index in [1.54, 1.807) is 25.4 Å². The maximum absolute atomic E-state index is 6.09. The summed E-state index contributed by atoms with van der Waals surface area (Å²) in [6.45, 7) is 2.67. The fourth-order valence-electron chi connectivity index (χ4n) is 2.49. The zero-order valence-electron chi connectivity index (χ0n) is 15.4. The number of nitrogens with zero attached hydrogens (tertiary/aromatic N) is 3. The van der Waals surface area contributed by atoms with Crippen LogP contribution in [0.5, 0.6) is 0 Å². The average Bonchev–Trinajstić information content (AvgIpc) is 3.34. The van der Waals surface area contributed by atoms with Crippen LogP contribution in [-0.2, 0) is 6.42 Å². The van der Waals surface area contributed by atoms with Crippen molar-refractivity contribution in [3.05, 3.63) is 58.0 Å². The van der Waals surface area contributed by atoms with E-state index in [0.717, 1.165) is 11.4 Å². The molecule has 2 aromatic heterocycles. The smallest absolute Gasteiger partial charge is 0.216 e. The van der Waals surface area contributed by atoms with E-state index in [2.05, 4.69) is 30.8 Å². The maximum Gasteiger partial charge on any atom is 0.216 e. The molecule has 3 N–H and O–H groups in total. The van der Waals surface area contributed by atoms with Gasteiger partial charge >= 0.3 is 0 Å². The number of aromatic amines is 1. The van der Waals surface area contributed by atoms with Gasteiger partial charge in [0, 0.05) is 20.0 Å². The first kappa shape index (κ1) is 22.5. The summed E-state index contributed by atoms with van der Waals surface area (Å²) < 4.78 is 5.29. The van der Waals surface area contributed by atoms with Crippen LogP contribution < -0.4 is 10.6 Å². The van der Waals surface area contributed by atoms with E-state index in [4.69, 9.17) is 27.6 Å². The minimum atomic E-state index is 0. The number of benzene rings is 1. The van der Waals surface area contributed by atoms with E-state index >= 15 is 0 Å². The van der Waals surface area contributed by atoms with Gasteiger partial charge < -0.3 is 15.1 Å². The van der Waals surface area contributed by atoms with E-state index in [-0.39, 0.29) is 30.0 Å². The highest BCUT2D eigenvalue weighted by Crippen LogP contribution is 2.25. The summed E-state index contributed by atoms with van der Waals surface area (Å²) in [5.41, 5.74) is 1.02. The van der Waals surface area contributed by atoms with Gasteiger partial charge in [0.25, 0.3) is 0 Å². The van der Waals surface area contributed by atoms with Crippen LogP contribution in [0.1, 0.15) is 24.4 Å². The predicted octanol–water partition coefficient (Wildman–Crippen LogP) is 4.46. The molecule has 3 rings (SSSR count). The summed E-state index contributed by atoms with van der Waals surface area (Å²) in [6, 6.07) is 9.21. The van der Waals surface area contributed by atoms with Gasteiger partial charge in [-0.2, -0.15) is 5.10 Å². The standard InChI is InChI=1S/C18H20Cl2N6O.HI/c1-11(12-5-6-13(19)14(20)10-12)23-18(21-2)22-8-7-16-24-17(26-25-16)15-4-3-9-27-15;/h3-6,9-11H,7-8H2,1-2H3,(H2,21,22,23)(H,24,25,26);1H. The Morgan fingerprint density at radius 2 is 2.11 bits per heavy atom. The van der Waals surface area contributed by atoms with Crippen LogP contribution in [-0.4, -0.2) is 34.7 Å². The highest BCUT2D eigenvalue weighted by Gasteiger charge is 2.11. The number of hydrogen-bond donors (Lipinski definition) is 3. The van der Waals surface area contributed by atoms with Crippen molar-refractivity contribution in [3.8, 4) is 11.6 Å². The number of halogens is 3. The number of furan rings is 1. The second-order valence-corrected chi connectivity index (χ2v) is 6.69. The molecular weight excluding hydrogens is 514 g/mol. The van der Waals surface area contributed by atoms with Gasteiger partial charge in [0.1, 0.15) is 5.82 Å². The molecule has 0 fully saturated rings. The summed E-state index contributed by atoms with van der Waals surface area (Å²) in [4.78, 5) is 8.66. The zero-order chi connectivity index (χ0) is 19.2. The Morgan fingerprint density at radius 3 is 2.79 bits per heavy atom. The van der Waals surface area contributed by atoms with Gasteiger partial charge in [-0.15, -0.1) is 24.0 Å². The van der Waals surface area contributed by atoms with E-state index in [0.29, 0.717) is 40.6 Å². The summed E-state index contributed by atoms with van der Waals surface area (Å²) in [5, 5.41) is 14.7. The van der Waals surface area contributed by atoms with Crippen molar-refractivity contribution >= 4 is 53.1 Å². The highest BCUT2D eigenvalue weighted by molar-refractivity contribution is 14.0. The first-order valence-corrected chi connectivity index (χ1v) is 9.19. The minimum absolute atomic E-state index is 0. The predicted molar refractivity (Wildman–Crippen MR) is 123 cm³/mol. The van der Waals surface area contributed by atoms with Gasteiger partial charge in [0.05, 0.1) is 22.4 Å². The van der Waals surface area contributed by atoms with Gasteiger partial charge in [-0.3, -0.25) is 10.1 Å². The molecule has 0 spiro atoms. The fraction of sp³-hybridized carbons (Fsp3) is 0.278. The lowest BCUT2D eigenvalue weighted by atomic mass is 10.1. The van der Waals surface area contributed by atoms with Gasteiger partial charge in [-0.1, -0.05) is 29.3 Å². The third kappa shape index (κ3) is 5.86. The molecule has 7 nitrogen and oxygen atoms in total. The molecule has 0 saturated carbocycles. The van der Waals surface area contributed by atoms with Gasteiger partial charge in [0.15, 0.2) is 11.7 Å². The molecule has 0 aliphatic heterocycles. The molecule has 1 aromatic carbocycles. The number of rotatable bonds is 6. The lowest BCUT2D eigenvalue weighted by Crippen LogP contribution is -2.39. The Balaban J connectivity index is 0.00000280. The average molecular weight is 535 g/mol. The lowest BCUT2D eigenvalue weighted by Gasteiger charge is -2.18. The molecule has 10 heteroatoms. The topological polar surface area (TPSA) is 91.1 Å².